The molecule has 3 N–H and O–H groups in total. The van der Waals surface area contributed by atoms with Gasteiger partial charge in [0, 0.05) is 5.69 Å². The topological polar surface area (TPSA) is 55.1 Å². The van der Waals surface area contributed by atoms with Crippen LogP contribution in [0.4, 0.5) is 10.1 Å². The second kappa shape index (κ2) is 6.72. The molecule has 2 rings (SSSR count). The molecule has 2 aromatic rings. The molecule has 0 bridgehead atoms. The summed E-state index contributed by atoms with van der Waals surface area (Å²) in [6.07, 6.45) is 0. The summed E-state index contributed by atoms with van der Waals surface area (Å²) in [5.74, 6) is 4.40. The molecule has 6 heteroatoms. The Morgan fingerprint density at radius 1 is 1.52 bits per heavy atom. The second-order valence-corrected chi connectivity index (χ2v) is 5.47. The van der Waals surface area contributed by atoms with Crippen LogP contribution in [-0.4, -0.2) is 12.5 Å². The number of halogens is 2. The first-order chi connectivity index (χ1) is 10.0. The SMILES string of the molecule is Cc1csc(C(=O)Nc2ccc(F)c(C#CCN)c2)c1Cl. The molecule has 1 heterocycles. The number of hydrogen-bond donors (Lipinski definition) is 2. The summed E-state index contributed by atoms with van der Waals surface area (Å²) in [7, 11) is 0. The van der Waals surface area contributed by atoms with E-state index in [1.54, 1.807) is 5.38 Å². The Morgan fingerprint density at radius 3 is 2.90 bits per heavy atom. The lowest BCUT2D eigenvalue weighted by Gasteiger charge is -2.05. The van der Waals surface area contributed by atoms with Crippen molar-refractivity contribution in [2.45, 2.75) is 6.92 Å². The van der Waals surface area contributed by atoms with Gasteiger partial charge in [-0.05, 0) is 36.1 Å². The minimum absolute atomic E-state index is 0.139. The summed E-state index contributed by atoms with van der Waals surface area (Å²) < 4.78 is 13.5. The van der Waals surface area contributed by atoms with Gasteiger partial charge in [0.05, 0.1) is 17.1 Å². The highest BCUT2D eigenvalue weighted by molar-refractivity contribution is 7.13. The van der Waals surface area contributed by atoms with Gasteiger partial charge in [0.1, 0.15) is 10.7 Å². The van der Waals surface area contributed by atoms with Crippen LogP contribution in [0.2, 0.25) is 5.02 Å². The van der Waals surface area contributed by atoms with Gasteiger partial charge in [0.15, 0.2) is 0 Å². The van der Waals surface area contributed by atoms with Crippen molar-refractivity contribution in [1.82, 2.24) is 0 Å². The fourth-order valence-corrected chi connectivity index (χ4v) is 2.79. The summed E-state index contributed by atoms with van der Waals surface area (Å²) in [4.78, 5) is 12.5. The summed E-state index contributed by atoms with van der Waals surface area (Å²) in [6, 6.07) is 4.18. The number of benzene rings is 1. The van der Waals surface area contributed by atoms with Crippen LogP contribution in [0.25, 0.3) is 0 Å². The van der Waals surface area contributed by atoms with Crippen LogP contribution in [0.15, 0.2) is 23.6 Å². The highest BCUT2D eigenvalue weighted by atomic mass is 35.5. The molecular formula is C15H12ClFN2OS. The van der Waals surface area contributed by atoms with Crippen molar-refractivity contribution >= 4 is 34.5 Å². The Bertz CT molecular complexity index is 746. The van der Waals surface area contributed by atoms with Crippen molar-refractivity contribution in [3.05, 3.63) is 50.4 Å². The fraction of sp³-hybridized carbons (Fsp3) is 0.133. The summed E-state index contributed by atoms with van der Waals surface area (Å²) >= 11 is 7.31. The molecule has 0 fully saturated rings. The number of nitrogens with one attached hydrogen (secondary N) is 1. The van der Waals surface area contributed by atoms with Gasteiger partial charge in [-0.25, -0.2) is 4.39 Å². The van der Waals surface area contributed by atoms with Gasteiger partial charge in [0.2, 0.25) is 0 Å². The van der Waals surface area contributed by atoms with Crippen LogP contribution in [0, 0.1) is 24.6 Å². The standard InChI is InChI=1S/C15H12ClFN2OS/c1-9-8-21-14(13(9)16)15(20)19-11-4-5-12(17)10(7-11)3-2-6-18/h4-5,7-8H,6,18H2,1H3,(H,19,20). The lowest BCUT2D eigenvalue weighted by Crippen LogP contribution is -2.11. The fourth-order valence-electron chi connectivity index (χ4n) is 1.62. The van der Waals surface area contributed by atoms with E-state index in [0.29, 0.717) is 15.6 Å². The Balaban J connectivity index is 2.24. The third-order valence-corrected chi connectivity index (χ3v) is 4.35. The molecule has 0 radical (unpaired) electrons. The first kappa shape index (κ1) is 15.5. The normalized spacial score (nSPS) is 9.90. The number of amides is 1. The van der Waals surface area contributed by atoms with Crippen molar-refractivity contribution in [1.29, 1.82) is 0 Å². The van der Waals surface area contributed by atoms with E-state index in [-0.39, 0.29) is 18.0 Å². The van der Waals surface area contributed by atoms with Crippen LogP contribution in [-0.2, 0) is 0 Å². The smallest absolute Gasteiger partial charge is 0.267 e. The van der Waals surface area contributed by atoms with Crippen LogP contribution >= 0.6 is 22.9 Å². The average molecular weight is 323 g/mol. The zero-order valence-corrected chi connectivity index (χ0v) is 12.7. The minimum Gasteiger partial charge on any atom is -0.321 e. The molecule has 108 valence electrons. The number of anilines is 1. The third kappa shape index (κ3) is 3.61. The van der Waals surface area contributed by atoms with E-state index in [1.165, 1.54) is 29.5 Å². The van der Waals surface area contributed by atoms with Crippen molar-refractivity contribution in [3.63, 3.8) is 0 Å². The molecule has 0 unspecified atom stereocenters. The number of hydrogen-bond acceptors (Lipinski definition) is 3. The number of rotatable bonds is 2. The maximum atomic E-state index is 13.5. The van der Waals surface area contributed by atoms with E-state index in [9.17, 15) is 9.18 Å². The predicted octanol–water partition coefficient (Wildman–Crippen LogP) is 3.41. The number of nitrogens with two attached hydrogens (primary N) is 1. The molecule has 0 aliphatic rings. The molecule has 3 nitrogen and oxygen atoms in total. The number of aryl methyl sites for hydroxylation is 1. The van der Waals surface area contributed by atoms with E-state index in [2.05, 4.69) is 17.2 Å². The van der Waals surface area contributed by atoms with E-state index in [4.69, 9.17) is 17.3 Å². The van der Waals surface area contributed by atoms with Gasteiger partial charge >= 0.3 is 0 Å². The Hall–Kier alpha value is -1.87. The Labute approximate surface area is 130 Å². The van der Waals surface area contributed by atoms with E-state index in [1.807, 2.05) is 6.92 Å². The quantitative estimate of drug-likeness (QED) is 0.832. The third-order valence-electron chi connectivity index (χ3n) is 2.65. The predicted molar refractivity (Wildman–Crippen MR) is 84.4 cm³/mol. The molecule has 0 saturated heterocycles. The van der Waals surface area contributed by atoms with Crippen LogP contribution in [0.3, 0.4) is 0 Å². The van der Waals surface area contributed by atoms with E-state index in [0.717, 1.165) is 5.56 Å². The van der Waals surface area contributed by atoms with Gasteiger partial charge in [-0.15, -0.1) is 11.3 Å². The Kier molecular flexibility index (Phi) is 4.97. The van der Waals surface area contributed by atoms with Crippen LogP contribution in [0.1, 0.15) is 20.8 Å². The molecule has 1 aromatic heterocycles. The highest BCUT2D eigenvalue weighted by Gasteiger charge is 2.15. The number of thiophene rings is 1. The minimum atomic E-state index is -0.459. The van der Waals surface area contributed by atoms with Crippen molar-refractivity contribution < 1.29 is 9.18 Å². The number of carbonyl (C=O) groups is 1. The molecule has 0 spiro atoms. The van der Waals surface area contributed by atoms with Crippen LogP contribution in [0.5, 0.6) is 0 Å². The van der Waals surface area contributed by atoms with Gasteiger partial charge in [-0.3, -0.25) is 4.79 Å². The molecule has 0 aliphatic heterocycles. The molecule has 0 aliphatic carbocycles. The lowest BCUT2D eigenvalue weighted by atomic mass is 10.2. The molecule has 0 saturated carbocycles. The zero-order chi connectivity index (χ0) is 15.4. The van der Waals surface area contributed by atoms with Gasteiger partial charge in [-0.2, -0.15) is 0 Å². The molecule has 0 atom stereocenters. The first-order valence-electron chi connectivity index (χ1n) is 6.06. The van der Waals surface area contributed by atoms with Crippen LogP contribution < -0.4 is 11.1 Å². The summed E-state index contributed by atoms with van der Waals surface area (Å²) in [6.45, 7) is 1.97. The monoisotopic (exact) mass is 322 g/mol. The molecule has 1 aromatic carbocycles. The van der Waals surface area contributed by atoms with Gasteiger partial charge in [-0.1, -0.05) is 23.4 Å². The summed E-state index contributed by atoms with van der Waals surface area (Å²) in [5.41, 5.74) is 6.74. The maximum Gasteiger partial charge on any atom is 0.267 e. The zero-order valence-electron chi connectivity index (χ0n) is 11.2. The van der Waals surface area contributed by atoms with Gasteiger partial charge < -0.3 is 11.1 Å². The lowest BCUT2D eigenvalue weighted by molar-refractivity contribution is 0.103. The molecule has 21 heavy (non-hydrogen) atoms. The van der Waals surface area contributed by atoms with Crippen molar-refractivity contribution in [3.8, 4) is 11.8 Å². The Morgan fingerprint density at radius 2 is 2.29 bits per heavy atom. The second-order valence-electron chi connectivity index (χ2n) is 4.22. The largest absolute Gasteiger partial charge is 0.321 e. The van der Waals surface area contributed by atoms with Crippen molar-refractivity contribution in [2.24, 2.45) is 5.73 Å². The highest BCUT2D eigenvalue weighted by Crippen LogP contribution is 2.28. The van der Waals surface area contributed by atoms with Crippen molar-refractivity contribution in [2.75, 3.05) is 11.9 Å². The maximum absolute atomic E-state index is 13.5. The number of carbonyl (C=O) groups excluding carboxylic acids is 1. The van der Waals surface area contributed by atoms with E-state index >= 15 is 0 Å². The van der Waals surface area contributed by atoms with Gasteiger partial charge in [0.25, 0.3) is 5.91 Å². The van der Waals surface area contributed by atoms with E-state index < -0.39 is 5.82 Å². The summed E-state index contributed by atoms with van der Waals surface area (Å²) in [5, 5.41) is 4.92. The first-order valence-corrected chi connectivity index (χ1v) is 7.32. The molecule has 1 amide bonds. The molecular weight excluding hydrogens is 311 g/mol. The average Bonchev–Trinajstić information content (AvgIpc) is 2.79.